The molecule has 110 valence electrons. The third kappa shape index (κ3) is 3.64. The number of piperidine rings is 1. The molecule has 1 saturated heterocycles. The molecule has 1 aromatic rings. The van der Waals surface area contributed by atoms with Gasteiger partial charge < -0.3 is 14.9 Å². The zero-order valence-corrected chi connectivity index (χ0v) is 12.7. The van der Waals surface area contributed by atoms with Crippen molar-refractivity contribution >= 4 is 23.3 Å². The van der Waals surface area contributed by atoms with Crippen molar-refractivity contribution in [1.29, 1.82) is 0 Å². The number of halogens is 1. The fraction of sp³-hybridized carbons (Fsp3) is 0.533. The number of hydrogen-bond donors (Lipinski definition) is 1. The second-order valence-corrected chi connectivity index (χ2v) is 6.01. The third-order valence-electron chi connectivity index (χ3n) is 3.98. The van der Waals surface area contributed by atoms with Gasteiger partial charge in [0.1, 0.15) is 0 Å². The van der Waals surface area contributed by atoms with E-state index in [1.165, 1.54) is 18.9 Å². The molecule has 1 aromatic carbocycles. The number of carboxylic acids is 1. The van der Waals surface area contributed by atoms with Crippen molar-refractivity contribution in [1.82, 2.24) is 4.90 Å². The van der Waals surface area contributed by atoms with Crippen LogP contribution in [0.2, 0.25) is 5.02 Å². The maximum absolute atomic E-state index is 10.9. The Morgan fingerprint density at radius 2 is 2.10 bits per heavy atom. The highest BCUT2D eigenvalue weighted by Gasteiger charge is 2.19. The molecular formula is C15H21ClN2O2. The summed E-state index contributed by atoms with van der Waals surface area (Å²) in [4.78, 5) is 15.4. The van der Waals surface area contributed by atoms with Crippen LogP contribution in [-0.2, 0) is 0 Å². The van der Waals surface area contributed by atoms with Crippen molar-refractivity contribution in [2.45, 2.75) is 12.8 Å². The van der Waals surface area contributed by atoms with E-state index in [1.807, 2.05) is 7.05 Å². The molecular weight excluding hydrogens is 276 g/mol. The summed E-state index contributed by atoms with van der Waals surface area (Å²) in [5, 5.41) is 9.45. The van der Waals surface area contributed by atoms with Gasteiger partial charge in [0.2, 0.25) is 0 Å². The van der Waals surface area contributed by atoms with Crippen molar-refractivity contribution in [3.63, 3.8) is 0 Å². The quantitative estimate of drug-likeness (QED) is 0.928. The minimum Gasteiger partial charge on any atom is -0.478 e. The molecule has 20 heavy (non-hydrogen) atoms. The van der Waals surface area contributed by atoms with Gasteiger partial charge in [0.15, 0.2) is 0 Å². The number of carbonyl (C=O) groups is 1. The van der Waals surface area contributed by atoms with Crippen LogP contribution in [0.5, 0.6) is 0 Å². The molecule has 0 saturated carbocycles. The Hall–Kier alpha value is -1.26. The Kier molecular flexibility index (Phi) is 4.89. The second kappa shape index (κ2) is 6.46. The molecule has 2 rings (SSSR count). The van der Waals surface area contributed by atoms with Gasteiger partial charge in [-0.1, -0.05) is 11.6 Å². The molecule has 1 N–H and O–H groups in total. The van der Waals surface area contributed by atoms with Gasteiger partial charge in [0.05, 0.1) is 16.3 Å². The molecule has 0 amide bonds. The Balaban J connectivity index is 2.02. The number of likely N-dealkylation sites (tertiary alicyclic amines) is 1. The summed E-state index contributed by atoms with van der Waals surface area (Å²) >= 11 is 6.20. The van der Waals surface area contributed by atoms with Gasteiger partial charge in [0, 0.05) is 13.6 Å². The Bertz CT molecular complexity index is 485. The lowest BCUT2D eigenvalue weighted by molar-refractivity contribution is 0.0697. The van der Waals surface area contributed by atoms with Crippen molar-refractivity contribution in [2.75, 3.05) is 38.6 Å². The second-order valence-electron chi connectivity index (χ2n) is 5.60. The molecule has 0 unspecified atom stereocenters. The fourth-order valence-corrected chi connectivity index (χ4v) is 3.00. The van der Waals surface area contributed by atoms with E-state index in [9.17, 15) is 4.79 Å². The van der Waals surface area contributed by atoms with Crippen LogP contribution in [0.3, 0.4) is 0 Å². The van der Waals surface area contributed by atoms with E-state index in [2.05, 4.69) is 16.8 Å². The molecule has 0 atom stereocenters. The topological polar surface area (TPSA) is 43.8 Å². The molecule has 1 fully saturated rings. The summed E-state index contributed by atoms with van der Waals surface area (Å²) in [7, 11) is 4.17. The summed E-state index contributed by atoms with van der Waals surface area (Å²) in [5.41, 5.74) is 1.13. The zero-order valence-electron chi connectivity index (χ0n) is 12.0. The summed E-state index contributed by atoms with van der Waals surface area (Å²) in [5.74, 6) is -0.275. The summed E-state index contributed by atoms with van der Waals surface area (Å²) in [6.45, 7) is 3.24. The molecule has 4 nitrogen and oxygen atoms in total. The van der Waals surface area contributed by atoms with E-state index in [1.54, 1.807) is 12.1 Å². The van der Waals surface area contributed by atoms with Gasteiger partial charge in [-0.15, -0.1) is 0 Å². The first-order chi connectivity index (χ1) is 9.47. The first-order valence-electron chi connectivity index (χ1n) is 6.90. The SMILES string of the molecule is CN1CCC(CN(C)c2ccc(C(=O)O)cc2Cl)CC1. The van der Waals surface area contributed by atoms with Crippen molar-refractivity contribution in [3.8, 4) is 0 Å². The largest absolute Gasteiger partial charge is 0.478 e. The van der Waals surface area contributed by atoms with Crippen LogP contribution < -0.4 is 4.90 Å². The molecule has 5 heteroatoms. The van der Waals surface area contributed by atoms with Crippen molar-refractivity contribution < 1.29 is 9.90 Å². The standard InChI is InChI=1S/C15H21ClN2O2/c1-17-7-5-11(6-8-17)10-18(2)14-4-3-12(15(19)20)9-13(14)16/h3-4,9,11H,5-8,10H2,1-2H3,(H,19,20). The van der Waals surface area contributed by atoms with Crippen LogP contribution in [0.4, 0.5) is 5.69 Å². The average molecular weight is 297 g/mol. The molecule has 0 bridgehead atoms. The maximum Gasteiger partial charge on any atom is 0.335 e. The lowest BCUT2D eigenvalue weighted by Crippen LogP contribution is -2.35. The summed E-state index contributed by atoms with van der Waals surface area (Å²) in [6, 6.07) is 4.92. The fourth-order valence-electron chi connectivity index (χ4n) is 2.68. The Labute approximate surface area is 124 Å². The molecule has 0 aliphatic carbocycles. The monoisotopic (exact) mass is 296 g/mol. The highest BCUT2D eigenvalue weighted by atomic mass is 35.5. The van der Waals surface area contributed by atoms with E-state index in [0.29, 0.717) is 10.9 Å². The number of carboxylic acid groups (broad SMARTS) is 1. The van der Waals surface area contributed by atoms with Gasteiger partial charge in [0.25, 0.3) is 0 Å². The normalized spacial score (nSPS) is 17.1. The maximum atomic E-state index is 10.9. The van der Waals surface area contributed by atoms with Crippen LogP contribution >= 0.6 is 11.6 Å². The minimum atomic E-state index is -0.948. The summed E-state index contributed by atoms with van der Waals surface area (Å²) < 4.78 is 0. The lowest BCUT2D eigenvalue weighted by Gasteiger charge is -2.32. The van der Waals surface area contributed by atoms with Crippen LogP contribution in [0.15, 0.2) is 18.2 Å². The lowest BCUT2D eigenvalue weighted by atomic mass is 9.96. The molecule has 0 radical (unpaired) electrons. The molecule has 1 heterocycles. The average Bonchev–Trinajstić information content (AvgIpc) is 2.41. The van der Waals surface area contributed by atoms with Gasteiger partial charge in [-0.2, -0.15) is 0 Å². The van der Waals surface area contributed by atoms with Crippen LogP contribution in [0, 0.1) is 5.92 Å². The molecule has 0 aromatic heterocycles. The molecule has 0 spiro atoms. The van der Waals surface area contributed by atoms with Crippen LogP contribution in [-0.4, -0.2) is 49.7 Å². The van der Waals surface area contributed by atoms with Gasteiger partial charge in [-0.25, -0.2) is 4.79 Å². The van der Waals surface area contributed by atoms with Crippen molar-refractivity contribution in [3.05, 3.63) is 28.8 Å². The zero-order chi connectivity index (χ0) is 14.7. The van der Waals surface area contributed by atoms with Crippen LogP contribution in [0.25, 0.3) is 0 Å². The van der Waals surface area contributed by atoms with E-state index in [-0.39, 0.29) is 5.56 Å². The number of hydrogen-bond acceptors (Lipinski definition) is 3. The number of rotatable bonds is 4. The van der Waals surface area contributed by atoms with E-state index in [0.717, 1.165) is 25.3 Å². The summed E-state index contributed by atoms with van der Waals surface area (Å²) in [6.07, 6.45) is 2.40. The third-order valence-corrected chi connectivity index (χ3v) is 4.28. The first kappa shape index (κ1) is 15.1. The van der Waals surface area contributed by atoms with E-state index < -0.39 is 5.97 Å². The predicted molar refractivity (Wildman–Crippen MR) is 81.9 cm³/mol. The molecule has 1 aliphatic rings. The first-order valence-corrected chi connectivity index (χ1v) is 7.27. The minimum absolute atomic E-state index is 0.228. The van der Waals surface area contributed by atoms with Crippen LogP contribution in [0.1, 0.15) is 23.2 Å². The number of aromatic carboxylic acids is 1. The van der Waals surface area contributed by atoms with E-state index >= 15 is 0 Å². The predicted octanol–water partition coefficient (Wildman–Crippen LogP) is 2.82. The Morgan fingerprint density at radius 3 is 2.65 bits per heavy atom. The smallest absolute Gasteiger partial charge is 0.335 e. The highest BCUT2D eigenvalue weighted by Crippen LogP contribution is 2.28. The Morgan fingerprint density at radius 1 is 1.45 bits per heavy atom. The number of anilines is 1. The number of benzene rings is 1. The van der Waals surface area contributed by atoms with Gasteiger partial charge in [-0.05, 0) is 57.1 Å². The van der Waals surface area contributed by atoms with Gasteiger partial charge >= 0.3 is 5.97 Å². The van der Waals surface area contributed by atoms with E-state index in [4.69, 9.17) is 16.7 Å². The number of nitrogens with zero attached hydrogens (tertiary/aromatic N) is 2. The van der Waals surface area contributed by atoms with Crippen molar-refractivity contribution in [2.24, 2.45) is 5.92 Å². The van der Waals surface area contributed by atoms with Gasteiger partial charge in [-0.3, -0.25) is 0 Å². The molecule has 1 aliphatic heterocycles. The highest BCUT2D eigenvalue weighted by molar-refractivity contribution is 6.33.